The molecule has 0 spiro atoms. The summed E-state index contributed by atoms with van der Waals surface area (Å²) in [4.78, 5) is 34.1. The average Bonchev–Trinajstić information content (AvgIpc) is 2.64. The molecule has 1 rings (SSSR count). The number of unbranched alkanes of at least 4 members (excludes halogenated alkanes) is 3. The van der Waals surface area contributed by atoms with Crippen LogP contribution in [-0.4, -0.2) is 49.9 Å². The van der Waals surface area contributed by atoms with Crippen LogP contribution < -0.4 is 0 Å². The number of aliphatic carboxylic acids is 2. The van der Waals surface area contributed by atoms with Crippen LogP contribution in [0.3, 0.4) is 0 Å². The molecule has 0 fully saturated rings. The quantitative estimate of drug-likeness (QED) is 0.239. The third-order valence-electron chi connectivity index (χ3n) is 5.00. The van der Waals surface area contributed by atoms with Crippen molar-refractivity contribution in [3.63, 3.8) is 0 Å². The molecule has 4 N–H and O–H groups in total. The summed E-state index contributed by atoms with van der Waals surface area (Å²) >= 11 is 6.02. The molecule has 0 saturated carbocycles. The van der Waals surface area contributed by atoms with Crippen LogP contribution in [0, 0.1) is 0 Å². The normalized spacial score (nSPS) is 14.1. The van der Waals surface area contributed by atoms with E-state index in [9.17, 15) is 24.6 Å². The van der Waals surface area contributed by atoms with Gasteiger partial charge in [-0.05, 0) is 43.4 Å². The minimum atomic E-state index is -2.47. The molecular weight excluding hydrogens is 412 g/mol. The predicted octanol–water partition coefficient (Wildman–Crippen LogP) is 3.86. The maximum absolute atomic E-state index is 12.3. The van der Waals surface area contributed by atoms with Crippen molar-refractivity contribution < 1.29 is 34.8 Å². The first-order chi connectivity index (χ1) is 14.1. The maximum atomic E-state index is 12.3. The number of carbonyl (C=O) groups excluding carboxylic acids is 1. The van der Waals surface area contributed by atoms with Crippen LogP contribution in [0.2, 0.25) is 5.02 Å². The number of Topliss-reactive ketones (excluding diaryl/α,β-unsaturated/α-hetero) is 1. The SMILES string of the molecule is CCCC(=O)c1cc(Cl)ccc1CCCCCCC(O)CC(O)(CC(=O)O)C(=O)O. The summed E-state index contributed by atoms with van der Waals surface area (Å²) in [7, 11) is 0. The fourth-order valence-electron chi connectivity index (χ4n) is 3.41. The van der Waals surface area contributed by atoms with Crippen LogP contribution in [0.1, 0.15) is 80.6 Å². The first-order valence-electron chi connectivity index (χ1n) is 10.3. The van der Waals surface area contributed by atoms with E-state index in [2.05, 4.69) is 0 Å². The molecule has 8 heteroatoms. The summed E-state index contributed by atoms with van der Waals surface area (Å²) in [5, 5.41) is 38.3. The van der Waals surface area contributed by atoms with Gasteiger partial charge in [-0.2, -0.15) is 0 Å². The molecule has 0 aliphatic carbocycles. The van der Waals surface area contributed by atoms with E-state index in [0.717, 1.165) is 37.7 Å². The Hall–Kier alpha value is -1.96. The Morgan fingerprint density at radius 3 is 2.37 bits per heavy atom. The Morgan fingerprint density at radius 2 is 1.77 bits per heavy atom. The van der Waals surface area contributed by atoms with Crippen LogP contribution in [0.15, 0.2) is 18.2 Å². The van der Waals surface area contributed by atoms with Gasteiger partial charge >= 0.3 is 11.9 Å². The smallest absolute Gasteiger partial charge is 0.336 e. The Kier molecular flexibility index (Phi) is 11.0. The van der Waals surface area contributed by atoms with E-state index in [0.29, 0.717) is 23.4 Å². The number of halogens is 1. The fourth-order valence-corrected chi connectivity index (χ4v) is 3.59. The summed E-state index contributed by atoms with van der Waals surface area (Å²) in [5.41, 5.74) is -0.828. The van der Waals surface area contributed by atoms with Gasteiger partial charge in [-0.15, -0.1) is 0 Å². The second kappa shape index (κ2) is 12.7. The molecule has 2 unspecified atom stereocenters. The molecule has 0 aliphatic heterocycles. The van der Waals surface area contributed by atoms with Crippen molar-refractivity contribution in [1.29, 1.82) is 0 Å². The number of hydrogen-bond acceptors (Lipinski definition) is 5. The molecule has 0 bridgehead atoms. The molecule has 0 aromatic heterocycles. The minimum Gasteiger partial charge on any atom is -0.481 e. The van der Waals surface area contributed by atoms with E-state index in [4.69, 9.17) is 21.8 Å². The zero-order chi connectivity index (χ0) is 22.7. The number of aryl methyl sites for hydroxylation is 1. The largest absolute Gasteiger partial charge is 0.481 e. The Balaban J connectivity index is 2.42. The van der Waals surface area contributed by atoms with Gasteiger partial charge in [0, 0.05) is 23.4 Å². The highest BCUT2D eigenvalue weighted by Crippen LogP contribution is 2.23. The molecule has 0 heterocycles. The van der Waals surface area contributed by atoms with E-state index < -0.39 is 36.5 Å². The summed E-state index contributed by atoms with van der Waals surface area (Å²) in [5.74, 6) is -3.00. The number of carboxylic acids is 2. The van der Waals surface area contributed by atoms with Crippen molar-refractivity contribution in [3.05, 3.63) is 34.3 Å². The molecule has 7 nitrogen and oxygen atoms in total. The fraction of sp³-hybridized carbons (Fsp3) is 0.591. The lowest BCUT2D eigenvalue weighted by atomic mass is 9.90. The first kappa shape index (κ1) is 26.1. The van der Waals surface area contributed by atoms with Crippen molar-refractivity contribution in [3.8, 4) is 0 Å². The number of benzene rings is 1. The van der Waals surface area contributed by atoms with Crippen molar-refractivity contribution in [2.24, 2.45) is 0 Å². The molecule has 168 valence electrons. The molecule has 30 heavy (non-hydrogen) atoms. The minimum absolute atomic E-state index is 0.0883. The molecule has 0 amide bonds. The molecule has 0 saturated heterocycles. The van der Waals surface area contributed by atoms with E-state index >= 15 is 0 Å². The van der Waals surface area contributed by atoms with Crippen LogP contribution in [0.25, 0.3) is 0 Å². The first-order valence-corrected chi connectivity index (χ1v) is 10.6. The third kappa shape index (κ3) is 8.81. The molecule has 1 aromatic rings. The van der Waals surface area contributed by atoms with E-state index in [1.54, 1.807) is 12.1 Å². The molecule has 2 atom stereocenters. The van der Waals surface area contributed by atoms with Gasteiger partial charge in [0.15, 0.2) is 11.4 Å². The van der Waals surface area contributed by atoms with Gasteiger partial charge in [-0.1, -0.05) is 43.9 Å². The summed E-state index contributed by atoms with van der Waals surface area (Å²) < 4.78 is 0. The topological polar surface area (TPSA) is 132 Å². The highest BCUT2D eigenvalue weighted by Gasteiger charge is 2.40. The number of carbonyl (C=O) groups is 3. The lowest BCUT2D eigenvalue weighted by Gasteiger charge is -2.24. The molecule has 1 aromatic carbocycles. The van der Waals surface area contributed by atoms with Crippen molar-refractivity contribution in [2.45, 2.75) is 82.8 Å². The van der Waals surface area contributed by atoms with Gasteiger partial charge in [-0.25, -0.2) is 4.79 Å². The predicted molar refractivity (Wildman–Crippen MR) is 113 cm³/mol. The Labute approximate surface area is 181 Å². The Morgan fingerprint density at radius 1 is 1.10 bits per heavy atom. The number of ketones is 1. The molecular formula is C22H31ClO7. The van der Waals surface area contributed by atoms with Crippen LogP contribution in [0.4, 0.5) is 0 Å². The van der Waals surface area contributed by atoms with E-state index in [1.807, 2.05) is 13.0 Å². The van der Waals surface area contributed by atoms with E-state index in [1.165, 1.54) is 0 Å². The maximum Gasteiger partial charge on any atom is 0.336 e. The second-order valence-corrected chi connectivity index (χ2v) is 8.13. The highest BCUT2D eigenvalue weighted by molar-refractivity contribution is 6.31. The monoisotopic (exact) mass is 442 g/mol. The standard InChI is InChI=1S/C22H31ClO7/c1-2-7-19(25)18-12-16(23)11-10-15(18)8-5-3-4-6-9-17(24)13-22(30,21(28)29)14-20(26)27/h10-12,17,24,30H,2-9,13-14H2,1H3,(H,26,27)(H,28,29). The Bertz CT molecular complexity index is 734. The number of carboxylic acid groups (broad SMARTS) is 2. The van der Waals surface area contributed by atoms with Gasteiger partial charge in [0.25, 0.3) is 0 Å². The van der Waals surface area contributed by atoms with Crippen molar-refractivity contribution in [1.82, 2.24) is 0 Å². The number of hydrogen-bond donors (Lipinski definition) is 4. The van der Waals surface area contributed by atoms with Gasteiger partial charge in [0.1, 0.15) is 0 Å². The van der Waals surface area contributed by atoms with Gasteiger partial charge in [-0.3, -0.25) is 9.59 Å². The van der Waals surface area contributed by atoms with Crippen molar-refractivity contribution >= 4 is 29.3 Å². The van der Waals surface area contributed by atoms with Crippen molar-refractivity contribution in [2.75, 3.05) is 0 Å². The molecule has 0 aliphatic rings. The van der Waals surface area contributed by atoms with Crippen LogP contribution >= 0.6 is 11.6 Å². The third-order valence-corrected chi connectivity index (χ3v) is 5.23. The number of aliphatic hydroxyl groups is 2. The number of aliphatic hydroxyl groups excluding tert-OH is 1. The average molecular weight is 443 g/mol. The lowest BCUT2D eigenvalue weighted by Crippen LogP contribution is -2.43. The summed E-state index contributed by atoms with van der Waals surface area (Å²) in [6.45, 7) is 1.95. The second-order valence-electron chi connectivity index (χ2n) is 7.69. The number of rotatable bonds is 15. The summed E-state index contributed by atoms with van der Waals surface area (Å²) in [6.07, 6.45) is 2.79. The highest BCUT2D eigenvalue weighted by atomic mass is 35.5. The van der Waals surface area contributed by atoms with Gasteiger partial charge in [0.2, 0.25) is 0 Å². The zero-order valence-corrected chi connectivity index (χ0v) is 18.0. The summed E-state index contributed by atoms with van der Waals surface area (Å²) in [6, 6.07) is 5.37. The van der Waals surface area contributed by atoms with Crippen LogP contribution in [-0.2, 0) is 16.0 Å². The molecule has 0 radical (unpaired) electrons. The van der Waals surface area contributed by atoms with Gasteiger partial charge in [0.05, 0.1) is 12.5 Å². The van der Waals surface area contributed by atoms with Crippen LogP contribution in [0.5, 0.6) is 0 Å². The lowest BCUT2D eigenvalue weighted by molar-refractivity contribution is -0.168. The zero-order valence-electron chi connectivity index (χ0n) is 17.3. The van der Waals surface area contributed by atoms with Gasteiger partial charge < -0.3 is 20.4 Å². The van der Waals surface area contributed by atoms with E-state index in [-0.39, 0.29) is 12.2 Å².